The van der Waals surface area contributed by atoms with Gasteiger partial charge in [0.05, 0.1) is 5.56 Å². The normalized spacial score (nSPS) is 15.2. The molecule has 2 aliphatic rings. The van der Waals surface area contributed by atoms with Gasteiger partial charge in [-0.15, -0.1) is 12.4 Å². The van der Waals surface area contributed by atoms with Crippen molar-refractivity contribution in [2.75, 3.05) is 26.2 Å². The van der Waals surface area contributed by atoms with E-state index < -0.39 is 17.7 Å². The van der Waals surface area contributed by atoms with Crippen LogP contribution in [0.1, 0.15) is 28.7 Å². The summed E-state index contributed by atoms with van der Waals surface area (Å²) in [6, 6.07) is 16.7. The number of aryl methyl sites for hydroxylation is 1. The van der Waals surface area contributed by atoms with Gasteiger partial charge in [0.2, 0.25) is 0 Å². The summed E-state index contributed by atoms with van der Waals surface area (Å²) in [4.78, 5) is 13.4. The zero-order valence-corrected chi connectivity index (χ0v) is 22.6. The van der Waals surface area contributed by atoms with Gasteiger partial charge in [-0.2, -0.15) is 13.2 Å². The van der Waals surface area contributed by atoms with Crippen molar-refractivity contribution in [3.05, 3.63) is 100 Å². The number of carbonyl (C=O) groups is 1. The van der Waals surface area contributed by atoms with E-state index in [0.717, 1.165) is 29.3 Å². The first-order valence-electron chi connectivity index (χ1n) is 12.7. The second kappa shape index (κ2) is 12.2. The summed E-state index contributed by atoms with van der Waals surface area (Å²) in [5, 5.41) is 9.26. The third-order valence-electron chi connectivity index (χ3n) is 6.92. The van der Waals surface area contributed by atoms with Gasteiger partial charge in [-0.25, -0.2) is 4.79 Å². The van der Waals surface area contributed by atoms with Crippen molar-refractivity contribution < 1.29 is 32.5 Å². The van der Waals surface area contributed by atoms with Gasteiger partial charge >= 0.3 is 12.1 Å². The van der Waals surface area contributed by atoms with Gasteiger partial charge < -0.3 is 14.6 Å². The summed E-state index contributed by atoms with van der Waals surface area (Å²) < 4.78 is 53.6. The molecule has 9 heteroatoms. The molecule has 0 saturated carbocycles. The molecule has 0 fully saturated rings. The lowest BCUT2D eigenvalue weighted by atomic mass is 9.94. The Morgan fingerprint density at radius 2 is 1.88 bits per heavy atom. The van der Waals surface area contributed by atoms with Crippen molar-refractivity contribution in [3.8, 4) is 22.6 Å². The highest BCUT2D eigenvalue weighted by atomic mass is 35.5. The Bertz CT molecular complexity index is 1470. The number of rotatable bonds is 7. The largest absolute Gasteiger partial charge is 0.489 e. The average molecular weight is 572 g/mol. The number of halogens is 4. The van der Waals surface area contributed by atoms with Crippen LogP contribution < -0.4 is 9.47 Å². The second-order valence-electron chi connectivity index (χ2n) is 9.81. The maximum Gasteiger partial charge on any atom is 0.417 e. The Labute approximate surface area is 236 Å². The SMILES string of the molecule is Cc1ccccc1-c1ccc(COc2ccc3c(c2)OCC(CN2CCC=C(C(=O)O)C2)=C3)cc1C(F)(F)F.Cl. The van der Waals surface area contributed by atoms with E-state index in [1.54, 1.807) is 55.5 Å². The minimum absolute atomic E-state index is 0. The molecule has 0 saturated heterocycles. The van der Waals surface area contributed by atoms with Crippen LogP contribution in [-0.4, -0.2) is 42.2 Å². The summed E-state index contributed by atoms with van der Waals surface area (Å²) in [6.45, 7) is 3.94. The lowest BCUT2D eigenvalue weighted by molar-refractivity contribution is -0.137. The summed E-state index contributed by atoms with van der Waals surface area (Å²) in [5.74, 6) is 0.240. The van der Waals surface area contributed by atoms with Gasteiger partial charge in [-0.1, -0.05) is 42.5 Å². The lowest BCUT2D eigenvalue weighted by Crippen LogP contribution is -2.34. The zero-order chi connectivity index (χ0) is 27.6. The third kappa shape index (κ3) is 6.69. The molecule has 0 atom stereocenters. The molecule has 0 spiro atoms. The third-order valence-corrected chi connectivity index (χ3v) is 6.92. The van der Waals surface area contributed by atoms with Gasteiger partial charge in [0, 0.05) is 36.8 Å². The highest BCUT2D eigenvalue weighted by molar-refractivity contribution is 5.87. The molecule has 210 valence electrons. The van der Waals surface area contributed by atoms with Gasteiger partial charge in [0.25, 0.3) is 0 Å². The Morgan fingerprint density at radius 3 is 2.62 bits per heavy atom. The van der Waals surface area contributed by atoms with Crippen LogP contribution in [0.2, 0.25) is 0 Å². The van der Waals surface area contributed by atoms with E-state index in [1.165, 1.54) is 6.07 Å². The zero-order valence-electron chi connectivity index (χ0n) is 21.8. The van der Waals surface area contributed by atoms with Crippen LogP contribution in [-0.2, 0) is 17.6 Å². The molecule has 40 heavy (non-hydrogen) atoms. The smallest absolute Gasteiger partial charge is 0.417 e. The number of carboxylic acids is 1. The van der Waals surface area contributed by atoms with E-state index in [2.05, 4.69) is 4.90 Å². The van der Waals surface area contributed by atoms with Crippen molar-refractivity contribution in [2.45, 2.75) is 26.1 Å². The molecule has 0 bridgehead atoms. The van der Waals surface area contributed by atoms with Crippen molar-refractivity contribution in [1.29, 1.82) is 0 Å². The van der Waals surface area contributed by atoms with Crippen molar-refractivity contribution in [1.82, 2.24) is 4.90 Å². The molecule has 5 nitrogen and oxygen atoms in total. The number of carboxylic acid groups (broad SMARTS) is 1. The van der Waals surface area contributed by atoms with E-state index in [0.29, 0.717) is 54.3 Å². The Morgan fingerprint density at radius 1 is 1.07 bits per heavy atom. The van der Waals surface area contributed by atoms with E-state index in [1.807, 2.05) is 12.1 Å². The second-order valence-corrected chi connectivity index (χ2v) is 9.81. The summed E-state index contributed by atoms with van der Waals surface area (Å²) in [6.07, 6.45) is -0.00561. The molecule has 5 rings (SSSR count). The van der Waals surface area contributed by atoms with Crippen molar-refractivity contribution in [2.24, 2.45) is 0 Å². The van der Waals surface area contributed by atoms with E-state index in [4.69, 9.17) is 9.47 Å². The first-order valence-corrected chi connectivity index (χ1v) is 12.7. The van der Waals surface area contributed by atoms with Gasteiger partial charge in [0.1, 0.15) is 24.7 Å². The minimum atomic E-state index is -4.50. The molecule has 0 amide bonds. The van der Waals surface area contributed by atoms with Crippen LogP contribution in [0.3, 0.4) is 0 Å². The van der Waals surface area contributed by atoms with Crippen LogP contribution in [0.5, 0.6) is 11.5 Å². The van der Waals surface area contributed by atoms with Crippen LogP contribution in [0.4, 0.5) is 13.2 Å². The number of hydrogen-bond acceptors (Lipinski definition) is 4. The monoisotopic (exact) mass is 571 g/mol. The first kappa shape index (κ1) is 29.2. The molecule has 2 aliphatic heterocycles. The summed E-state index contributed by atoms with van der Waals surface area (Å²) in [7, 11) is 0. The lowest BCUT2D eigenvalue weighted by Gasteiger charge is -2.28. The van der Waals surface area contributed by atoms with Gasteiger partial charge in [-0.3, -0.25) is 4.90 Å². The predicted molar refractivity (Wildman–Crippen MR) is 150 cm³/mol. The Kier molecular flexibility index (Phi) is 8.91. The molecule has 3 aromatic rings. The molecule has 1 N–H and O–H groups in total. The van der Waals surface area contributed by atoms with Crippen LogP contribution >= 0.6 is 12.4 Å². The molecule has 0 unspecified atom stereocenters. The summed E-state index contributed by atoms with van der Waals surface area (Å²) >= 11 is 0. The highest BCUT2D eigenvalue weighted by Crippen LogP contribution is 2.39. The van der Waals surface area contributed by atoms with E-state index in [-0.39, 0.29) is 24.6 Å². The molecule has 0 aliphatic carbocycles. The Balaban J connectivity index is 0.00000370. The number of aliphatic carboxylic acids is 1. The standard InChI is InChI=1S/C31H28F3NO4.ClH/c1-20-5-2-3-7-26(20)27-11-8-21(14-28(27)31(32,33)34)18-38-25-10-9-23-13-22(19-39-29(23)15-25)16-35-12-4-6-24(17-35)30(36)37;/h2-3,5-11,13-15H,4,12,16-19H2,1H3,(H,36,37);1H. The molecule has 0 radical (unpaired) electrons. The molecular weight excluding hydrogens is 543 g/mol. The maximum absolute atomic E-state index is 13.9. The number of benzene rings is 3. The van der Waals surface area contributed by atoms with Crippen molar-refractivity contribution in [3.63, 3.8) is 0 Å². The fraction of sp³-hybridized carbons (Fsp3) is 0.258. The number of alkyl halides is 3. The molecular formula is C31H29ClF3NO4. The van der Waals surface area contributed by atoms with Crippen LogP contribution in [0.25, 0.3) is 17.2 Å². The van der Waals surface area contributed by atoms with Gasteiger partial charge in [0.15, 0.2) is 0 Å². The van der Waals surface area contributed by atoms with E-state index >= 15 is 0 Å². The fourth-order valence-electron chi connectivity index (χ4n) is 4.95. The number of nitrogens with zero attached hydrogens (tertiary/aromatic N) is 1. The number of ether oxygens (including phenoxy) is 2. The molecule has 0 aromatic heterocycles. The Hall–Kier alpha value is -3.75. The van der Waals surface area contributed by atoms with Crippen LogP contribution in [0, 0.1) is 6.92 Å². The predicted octanol–water partition coefficient (Wildman–Crippen LogP) is 7.17. The molecule has 3 aromatic carbocycles. The fourth-order valence-corrected chi connectivity index (χ4v) is 4.95. The number of fused-ring (bicyclic) bond motifs is 1. The quantitative estimate of drug-likeness (QED) is 0.326. The highest BCUT2D eigenvalue weighted by Gasteiger charge is 2.34. The first-order chi connectivity index (χ1) is 18.7. The number of hydrogen-bond donors (Lipinski definition) is 1. The van der Waals surface area contributed by atoms with Crippen molar-refractivity contribution >= 4 is 24.5 Å². The molecule has 2 heterocycles. The van der Waals surface area contributed by atoms with Crippen LogP contribution in [0.15, 0.2) is 77.9 Å². The average Bonchev–Trinajstić information content (AvgIpc) is 2.92. The van der Waals surface area contributed by atoms with E-state index in [9.17, 15) is 23.1 Å². The minimum Gasteiger partial charge on any atom is -0.489 e. The van der Waals surface area contributed by atoms with Gasteiger partial charge in [-0.05, 0) is 65.4 Å². The summed E-state index contributed by atoms with van der Waals surface area (Å²) in [5.41, 5.74) is 3.52. The maximum atomic E-state index is 13.9. The topological polar surface area (TPSA) is 59.0 Å².